The average Bonchev–Trinajstić information content (AvgIpc) is 3.25. The molecule has 2 N–H and O–H groups in total. The Balaban J connectivity index is 1.88. The second-order valence-corrected chi connectivity index (χ2v) is 6.21. The van der Waals surface area contributed by atoms with Gasteiger partial charge in [0.05, 0.1) is 11.0 Å². The van der Waals surface area contributed by atoms with Crippen LogP contribution in [-0.4, -0.2) is 35.8 Å². The number of carbonyl (C=O) groups is 1. The molecule has 26 heavy (non-hydrogen) atoms. The quantitative estimate of drug-likeness (QED) is 0.590. The smallest absolute Gasteiger partial charge is 0.313 e. The number of nitrogens with one attached hydrogen (secondary N) is 1. The summed E-state index contributed by atoms with van der Waals surface area (Å²) in [6.45, 7) is 3.59. The molecule has 0 aliphatic heterocycles. The van der Waals surface area contributed by atoms with Crippen molar-refractivity contribution in [3.05, 3.63) is 59.9 Å². The molecule has 0 fully saturated rings. The molecule has 0 amide bonds. The van der Waals surface area contributed by atoms with E-state index in [1.165, 1.54) is 4.68 Å². The van der Waals surface area contributed by atoms with Crippen molar-refractivity contribution in [1.82, 2.24) is 24.7 Å². The van der Waals surface area contributed by atoms with Crippen LogP contribution in [0.15, 0.2) is 48.5 Å². The van der Waals surface area contributed by atoms with Gasteiger partial charge >= 0.3 is 5.97 Å². The molecular weight excluding hydrogens is 330 g/mol. The van der Waals surface area contributed by atoms with Crippen LogP contribution in [0.2, 0.25) is 0 Å². The molecule has 0 spiro atoms. The number of aliphatic carboxylic acids is 1. The molecule has 130 valence electrons. The summed E-state index contributed by atoms with van der Waals surface area (Å²) in [4.78, 5) is 23.7. The fraction of sp³-hybridized carbons (Fsp3) is 0.158. The van der Waals surface area contributed by atoms with Gasteiger partial charge in [-0.2, -0.15) is 4.68 Å². The largest absolute Gasteiger partial charge is 0.481 e. The van der Waals surface area contributed by atoms with Gasteiger partial charge in [0.1, 0.15) is 11.7 Å². The molecule has 1 atom stereocenters. The zero-order chi connectivity index (χ0) is 18.3. The van der Waals surface area contributed by atoms with Crippen molar-refractivity contribution >= 4 is 17.0 Å². The van der Waals surface area contributed by atoms with E-state index >= 15 is 0 Å². The zero-order valence-electron chi connectivity index (χ0n) is 14.3. The van der Waals surface area contributed by atoms with E-state index in [-0.39, 0.29) is 0 Å². The predicted octanol–water partition coefficient (Wildman–Crippen LogP) is 3.31. The number of aryl methyl sites for hydroxylation is 1. The van der Waals surface area contributed by atoms with Gasteiger partial charge in [-0.25, -0.2) is 9.97 Å². The molecule has 1 unspecified atom stereocenters. The lowest BCUT2D eigenvalue weighted by molar-refractivity contribution is -0.138. The molecule has 7 heteroatoms. The number of nitrogens with zero attached hydrogens (tertiary/aromatic N) is 4. The number of hydrogen-bond donors (Lipinski definition) is 2. The number of imidazole rings is 1. The van der Waals surface area contributed by atoms with Gasteiger partial charge in [-0.1, -0.05) is 42.0 Å². The fourth-order valence-electron chi connectivity index (χ4n) is 2.74. The lowest BCUT2D eigenvalue weighted by atomic mass is 10.1. The minimum atomic E-state index is -0.967. The first kappa shape index (κ1) is 16.0. The molecule has 4 rings (SSSR count). The highest BCUT2D eigenvalue weighted by molar-refractivity contribution is 5.77. The summed E-state index contributed by atoms with van der Waals surface area (Å²) >= 11 is 0. The predicted molar refractivity (Wildman–Crippen MR) is 97.2 cm³/mol. The van der Waals surface area contributed by atoms with Crippen molar-refractivity contribution in [2.45, 2.75) is 19.8 Å². The standard InChI is InChI=1S/C19H17N5O2/c1-11-7-9-13(10-8-11)16-22-17(12(2)18(25)26)24(23-16)19-20-14-5-3-4-6-15(14)21-19/h3-10,12H,1-2H3,(H,20,21)(H,25,26). The van der Waals surface area contributed by atoms with E-state index in [9.17, 15) is 9.90 Å². The number of H-pyrrole nitrogens is 1. The maximum Gasteiger partial charge on any atom is 0.313 e. The zero-order valence-corrected chi connectivity index (χ0v) is 14.3. The van der Waals surface area contributed by atoms with E-state index in [1.54, 1.807) is 6.92 Å². The Labute approximate surface area is 149 Å². The number of benzene rings is 2. The van der Waals surface area contributed by atoms with Crippen molar-refractivity contribution in [2.24, 2.45) is 0 Å². The van der Waals surface area contributed by atoms with Gasteiger partial charge in [-0.15, -0.1) is 5.10 Å². The number of rotatable bonds is 4. The van der Waals surface area contributed by atoms with Crippen LogP contribution in [0.5, 0.6) is 0 Å². The molecule has 4 aromatic rings. The number of carboxylic acid groups (broad SMARTS) is 1. The third-order valence-electron chi connectivity index (χ3n) is 4.28. The van der Waals surface area contributed by atoms with E-state index in [1.807, 2.05) is 55.5 Å². The molecule has 0 bridgehead atoms. The lowest BCUT2D eigenvalue weighted by Crippen LogP contribution is -2.15. The van der Waals surface area contributed by atoms with Gasteiger partial charge in [0.25, 0.3) is 0 Å². The van der Waals surface area contributed by atoms with Crippen LogP contribution in [0.1, 0.15) is 24.2 Å². The molecule has 0 radical (unpaired) electrons. The summed E-state index contributed by atoms with van der Waals surface area (Å²) < 4.78 is 1.48. The Morgan fingerprint density at radius 2 is 1.85 bits per heavy atom. The minimum absolute atomic E-state index is 0.326. The third kappa shape index (κ3) is 2.73. The summed E-state index contributed by atoms with van der Waals surface area (Å²) in [5.41, 5.74) is 3.58. The van der Waals surface area contributed by atoms with Crippen molar-refractivity contribution in [3.63, 3.8) is 0 Å². The Morgan fingerprint density at radius 1 is 1.12 bits per heavy atom. The Bertz CT molecular complexity index is 1060. The van der Waals surface area contributed by atoms with Gasteiger partial charge in [-0.3, -0.25) is 4.79 Å². The Hall–Kier alpha value is -3.48. The number of fused-ring (bicyclic) bond motifs is 1. The van der Waals surface area contributed by atoms with Crippen LogP contribution >= 0.6 is 0 Å². The van der Waals surface area contributed by atoms with Gasteiger partial charge in [0, 0.05) is 5.56 Å². The van der Waals surface area contributed by atoms with E-state index in [0.717, 1.165) is 22.2 Å². The van der Waals surface area contributed by atoms with E-state index < -0.39 is 11.9 Å². The monoisotopic (exact) mass is 347 g/mol. The molecule has 7 nitrogen and oxygen atoms in total. The second-order valence-electron chi connectivity index (χ2n) is 6.21. The molecule has 2 aromatic carbocycles. The summed E-state index contributed by atoms with van der Waals surface area (Å²) in [7, 11) is 0. The lowest BCUT2D eigenvalue weighted by Gasteiger charge is -2.05. The van der Waals surface area contributed by atoms with Crippen LogP contribution in [0, 0.1) is 6.92 Å². The molecule has 2 aromatic heterocycles. The number of aromatic amines is 1. The van der Waals surface area contributed by atoms with Crippen LogP contribution in [0.3, 0.4) is 0 Å². The average molecular weight is 347 g/mol. The van der Waals surface area contributed by atoms with E-state index in [4.69, 9.17) is 0 Å². The van der Waals surface area contributed by atoms with Crippen LogP contribution in [-0.2, 0) is 4.79 Å². The number of aromatic nitrogens is 5. The number of para-hydroxylation sites is 2. The molecule has 2 heterocycles. The highest BCUT2D eigenvalue weighted by Crippen LogP contribution is 2.23. The second kappa shape index (κ2) is 6.11. The van der Waals surface area contributed by atoms with Crippen molar-refractivity contribution in [2.75, 3.05) is 0 Å². The van der Waals surface area contributed by atoms with Gasteiger partial charge in [0.15, 0.2) is 5.82 Å². The first-order valence-corrected chi connectivity index (χ1v) is 8.25. The van der Waals surface area contributed by atoms with Gasteiger partial charge in [0.2, 0.25) is 5.95 Å². The number of hydrogen-bond acceptors (Lipinski definition) is 4. The SMILES string of the molecule is Cc1ccc(-c2nc(C(C)C(=O)O)n(-c3nc4ccccc4[nH]3)n2)cc1. The van der Waals surface area contributed by atoms with Crippen LogP contribution < -0.4 is 0 Å². The van der Waals surface area contributed by atoms with Crippen LogP contribution in [0.4, 0.5) is 0 Å². The summed E-state index contributed by atoms with van der Waals surface area (Å²) in [5.74, 6) is -0.555. The Kier molecular flexibility index (Phi) is 3.76. The highest BCUT2D eigenvalue weighted by atomic mass is 16.4. The molecular formula is C19H17N5O2. The minimum Gasteiger partial charge on any atom is -0.481 e. The Morgan fingerprint density at radius 3 is 2.54 bits per heavy atom. The maximum absolute atomic E-state index is 11.5. The topological polar surface area (TPSA) is 96.7 Å². The molecule has 0 aliphatic rings. The van der Waals surface area contributed by atoms with Crippen molar-refractivity contribution in [1.29, 1.82) is 0 Å². The molecule has 0 aliphatic carbocycles. The van der Waals surface area contributed by atoms with Crippen molar-refractivity contribution in [3.8, 4) is 17.3 Å². The summed E-state index contributed by atoms with van der Waals surface area (Å²) in [5, 5.41) is 14.0. The highest BCUT2D eigenvalue weighted by Gasteiger charge is 2.25. The maximum atomic E-state index is 11.5. The van der Waals surface area contributed by atoms with E-state index in [0.29, 0.717) is 17.6 Å². The van der Waals surface area contributed by atoms with E-state index in [2.05, 4.69) is 20.1 Å². The van der Waals surface area contributed by atoms with Gasteiger partial charge in [-0.05, 0) is 26.0 Å². The number of carboxylic acids is 1. The molecule has 0 saturated carbocycles. The first-order valence-electron chi connectivity index (χ1n) is 8.25. The van der Waals surface area contributed by atoms with Crippen LogP contribution in [0.25, 0.3) is 28.4 Å². The fourth-order valence-corrected chi connectivity index (χ4v) is 2.74. The first-order chi connectivity index (χ1) is 12.5. The normalized spacial score (nSPS) is 12.4. The third-order valence-corrected chi connectivity index (χ3v) is 4.28. The molecule has 0 saturated heterocycles. The van der Waals surface area contributed by atoms with Crippen molar-refractivity contribution < 1.29 is 9.90 Å². The summed E-state index contributed by atoms with van der Waals surface area (Å²) in [6, 6.07) is 15.4. The van der Waals surface area contributed by atoms with Gasteiger partial charge < -0.3 is 10.1 Å². The summed E-state index contributed by atoms with van der Waals surface area (Å²) in [6.07, 6.45) is 0.